The molecule has 1 aromatic heterocycles. The van der Waals surface area contributed by atoms with Crippen molar-refractivity contribution in [1.29, 1.82) is 0 Å². The van der Waals surface area contributed by atoms with E-state index in [0.29, 0.717) is 11.5 Å². The summed E-state index contributed by atoms with van der Waals surface area (Å²) in [6.45, 7) is 3.52. The Morgan fingerprint density at radius 3 is 2.56 bits per heavy atom. The van der Waals surface area contributed by atoms with Gasteiger partial charge in [0, 0.05) is 11.3 Å². The van der Waals surface area contributed by atoms with Gasteiger partial charge in [-0.1, -0.05) is 0 Å². The number of aryl methyl sites for hydroxylation is 2. The number of nitrogens with two attached hydrogens (primary N) is 1. The molecular weight excluding hydrogens is 252 g/mol. The zero-order valence-electron chi connectivity index (χ0n) is 10.1. The van der Waals surface area contributed by atoms with Gasteiger partial charge >= 0.3 is 0 Å². The average Bonchev–Trinajstić information content (AvgIpc) is 2.67. The zero-order valence-corrected chi connectivity index (χ0v) is 10.9. The van der Waals surface area contributed by atoms with E-state index in [1.54, 1.807) is 26.1 Å². The first-order chi connectivity index (χ1) is 8.40. The van der Waals surface area contributed by atoms with Crippen LogP contribution in [0.1, 0.15) is 11.1 Å². The second-order valence-corrected chi connectivity index (χ2v) is 5.73. The lowest BCUT2D eigenvalue weighted by Gasteiger charge is -2.08. The Bertz CT molecular complexity index is 676. The number of aromatic nitrogens is 2. The molecule has 2 aromatic rings. The maximum Gasteiger partial charge on any atom is 0.263 e. The predicted molar refractivity (Wildman–Crippen MR) is 69.7 cm³/mol. The third kappa shape index (κ3) is 2.30. The highest BCUT2D eigenvalue weighted by Gasteiger charge is 2.16. The lowest BCUT2D eigenvalue weighted by atomic mass is 10.2. The molecule has 0 aliphatic carbocycles. The number of benzene rings is 1. The fourth-order valence-corrected chi connectivity index (χ4v) is 2.63. The second kappa shape index (κ2) is 4.34. The molecular formula is C11H14N4O2S. The summed E-state index contributed by atoms with van der Waals surface area (Å²) in [5.74, 6) is 0.365. The molecule has 0 unspecified atom stereocenters. The molecule has 0 aliphatic heterocycles. The normalized spacial score (nSPS) is 11.4. The first kappa shape index (κ1) is 12.4. The molecule has 6 nitrogen and oxygen atoms in total. The summed E-state index contributed by atoms with van der Waals surface area (Å²) in [5, 5.41) is 6.35. The molecule has 2 rings (SSSR count). The molecule has 1 heterocycles. The highest BCUT2D eigenvalue weighted by molar-refractivity contribution is 7.92. The molecule has 0 amide bonds. The molecule has 0 saturated heterocycles. The summed E-state index contributed by atoms with van der Waals surface area (Å²) >= 11 is 0. The molecule has 0 bridgehead atoms. The highest BCUT2D eigenvalue weighted by Crippen LogP contribution is 2.20. The Labute approximate surface area is 105 Å². The van der Waals surface area contributed by atoms with Gasteiger partial charge in [-0.25, -0.2) is 8.42 Å². The number of sulfonamides is 1. The molecule has 0 saturated carbocycles. The fourth-order valence-electron chi connectivity index (χ4n) is 1.46. The summed E-state index contributed by atoms with van der Waals surface area (Å²) < 4.78 is 26.7. The maximum absolute atomic E-state index is 12.1. The number of rotatable bonds is 3. The molecule has 0 atom stereocenters. The lowest BCUT2D eigenvalue weighted by Crippen LogP contribution is -2.14. The maximum atomic E-state index is 12.1. The Hall–Kier alpha value is -2.02. The fraction of sp³-hybridized carbons (Fsp3) is 0.182. The van der Waals surface area contributed by atoms with Gasteiger partial charge in [0.05, 0.1) is 11.1 Å². The second-order valence-electron chi connectivity index (χ2n) is 4.05. The van der Waals surface area contributed by atoms with Crippen LogP contribution in [0.2, 0.25) is 0 Å². The van der Waals surface area contributed by atoms with E-state index >= 15 is 0 Å². The van der Waals surface area contributed by atoms with Crippen LogP contribution < -0.4 is 10.5 Å². The number of nitrogens with zero attached hydrogens (tertiary/aromatic N) is 1. The molecule has 7 heteroatoms. The predicted octanol–water partition coefficient (Wildman–Crippen LogP) is 1.41. The van der Waals surface area contributed by atoms with Gasteiger partial charge in [0.1, 0.15) is 5.82 Å². The standard InChI is InChI=1S/C11H14N4O2S/c1-7-5-9(3-4-10(7)12)18(16,17)15-11-8(2)6-13-14-11/h3-6H,12H2,1-2H3,(H2,13,14,15). The van der Waals surface area contributed by atoms with E-state index in [2.05, 4.69) is 14.9 Å². The van der Waals surface area contributed by atoms with Crippen molar-refractivity contribution >= 4 is 21.5 Å². The van der Waals surface area contributed by atoms with Crippen molar-refractivity contribution in [2.75, 3.05) is 10.5 Å². The number of aromatic amines is 1. The topological polar surface area (TPSA) is 101 Å². The third-order valence-electron chi connectivity index (χ3n) is 2.62. The van der Waals surface area contributed by atoms with E-state index in [4.69, 9.17) is 5.73 Å². The Morgan fingerprint density at radius 2 is 2.00 bits per heavy atom. The van der Waals surface area contributed by atoms with E-state index in [1.807, 2.05) is 0 Å². The summed E-state index contributed by atoms with van der Waals surface area (Å²) in [6, 6.07) is 4.57. The van der Waals surface area contributed by atoms with Crippen LogP contribution in [0.4, 0.5) is 11.5 Å². The number of hydrogen-bond acceptors (Lipinski definition) is 4. The van der Waals surface area contributed by atoms with Gasteiger partial charge in [-0.2, -0.15) is 5.10 Å². The van der Waals surface area contributed by atoms with Crippen LogP contribution in [0.15, 0.2) is 29.3 Å². The first-order valence-corrected chi connectivity index (χ1v) is 6.77. The molecule has 0 aliphatic rings. The molecule has 0 fully saturated rings. The minimum atomic E-state index is -3.62. The summed E-state index contributed by atoms with van der Waals surface area (Å²) in [6.07, 6.45) is 1.55. The van der Waals surface area contributed by atoms with Gasteiger partial charge < -0.3 is 5.73 Å². The van der Waals surface area contributed by atoms with Gasteiger partial charge in [-0.15, -0.1) is 0 Å². The van der Waals surface area contributed by atoms with Crippen molar-refractivity contribution in [3.8, 4) is 0 Å². The minimum Gasteiger partial charge on any atom is -0.399 e. The highest BCUT2D eigenvalue weighted by atomic mass is 32.2. The van der Waals surface area contributed by atoms with Gasteiger partial charge in [0.15, 0.2) is 0 Å². The van der Waals surface area contributed by atoms with Crippen molar-refractivity contribution in [3.05, 3.63) is 35.5 Å². The monoisotopic (exact) mass is 266 g/mol. The van der Waals surface area contributed by atoms with Crippen molar-refractivity contribution in [3.63, 3.8) is 0 Å². The summed E-state index contributed by atoms with van der Waals surface area (Å²) in [5.41, 5.74) is 7.67. The van der Waals surface area contributed by atoms with Crippen LogP contribution in [-0.2, 0) is 10.0 Å². The average molecular weight is 266 g/mol. The SMILES string of the molecule is Cc1cc(S(=O)(=O)Nc2[nH]ncc2C)ccc1N. The van der Waals surface area contributed by atoms with Crippen LogP contribution in [0.5, 0.6) is 0 Å². The van der Waals surface area contributed by atoms with E-state index in [9.17, 15) is 8.42 Å². The van der Waals surface area contributed by atoms with Crippen LogP contribution in [0, 0.1) is 13.8 Å². The Kier molecular flexibility index (Phi) is 3.00. The van der Waals surface area contributed by atoms with Crippen molar-refractivity contribution in [1.82, 2.24) is 10.2 Å². The molecule has 1 aromatic carbocycles. The van der Waals surface area contributed by atoms with Crippen molar-refractivity contribution in [2.24, 2.45) is 0 Å². The van der Waals surface area contributed by atoms with E-state index in [-0.39, 0.29) is 4.90 Å². The first-order valence-electron chi connectivity index (χ1n) is 5.29. The van der Waals surface area contributed by atoms with Crippen LogP contribution >= 0.6 is 0 Å². The van der Waals surface area contributed by atoms with E-state index in [1.165, 1.54) is 12.1 Å². The van der Waals surface area contributed by atoms with Crippen molar-refractivity contribution in [2.45, 2.75) is 18.7 Å². The zero-order chi connectivity index (χ0) is 13.3. The number of nitrogen functional groups attached to an aromatic ring is 1. The van der Waals surface area contributed by atoms with Crippen LogP contribution in [0.3, 0.4) is 0 Å². The molecule has 18 heavy (non-hydrogen) atoms. The molecule has 96 valence electrons. The van der Waals surface area contributed by atoms with E-state index < -0.39 is 10.0 Å². The molecule has 4 N–H and O–H groups in total. The van der Waals surface area contributed by atoms with Crippen LogP contribution in [0.25, 0.3) is 0 Å². The largest absolute Gasteiger partial charge is 0.399 e. The quantitative estimate of drug-likeness (QED) is 0.731. The summed E-state index contributed by atoms with van der Waals surface area (Å²) in [7, 11) is -3.62. The van der Waals surface area contributed by atoms with Crippen molar-refractivity contribution < 1.29 is 8.42 Å². The number of anilines is 2. The summed E-state index contributed by atoms with van der Waals surface area (Å²) in [4.78, 5) is 0.170. The number of H-pyrrole nitrogens is 1. The van der Waals surface area contributed by atoms with Crippen LogP contribution in [-0.4, -0.2) is 18.6 Å². The number of nitrogens with one attached hydrogen (secondary N) is 2. The van der Waals surface area contributed by atoms with Gasteiger partial charge in [0.25, 0.3) is 10.0 Å². The smallest absolute Gasteiger partial charge is 0.263 e. The van der Waals surface area contributed by atoms with E-state index in [0.717, 1.165) is 11.1 Å². The minimum absolute atomic E-state index is 0.170. The number of hydrogen-bond donors (Lipinski definition) is 3. The van der Waals surface area contributed by atoms with Gasteiger partial charge in [0.2, 0.25) is 0 Å². The Morgan fingerprint density at radius 1 is 1.28 bits per heavy atom. The third-order valence-corrected chi connectivity index (χ3v) is 3.96. The van der Waals surface area contributed by atoms with Gasteiger partial charge in [-0.05, 0) is 37.6 Å². The molecule has 0 radical (unpaired) electrons. The van der Waals surface area contributed by atoms with Gasteiger partial charge in [-0.3, -0.25) is 9.82 Å². The molecule has 0 spiro atoms. The Balaban J connectivity index is 2.37. The lowest BCUT2D eigenvalue weighted by molar-refractivity contribution is 0.601.